The molecular formula is C21H19Cl2N3O4. The Morgan fingerprint density at radius 2 is 1.97 bits per heavy atom. The zero-order valence-electron chi connectivity index (χ0n) is 16.1. The van der Waals surface area contributed by atoms with E-state index >= 15 is 0 Å². The van der Waals surface area contributed by atoms with Gasteiger partial charge in [-0.1, -0.05) is 35.2 Å². The summed E-state index contributed by atoms with van der Waals surface area (Å²) in [7, 11) is 0. The maximum absolute atomic E-state index is 12.0. The second-order valence-corrected chi connectivity index (χ2v) is 6.54. The Hall–Kier alpha value is -3.21. The first-order valence-electron chi connectivity index (χ1n) is 8.83. The average Bonchev–Trinajstić information content (AvgIpc) is 2.71. The summed E-state index contributed by atoms with van der Waals surface area (Å²) in [6.45, 7) is 2.40. The lowest BCUT2D eigenvalue weighted by atomic mass is 10.2. The van der Waals surface area contributed by atoms with Crippen molar-refractivity contribution >= 4 is 46.9 Å². The molecule has 0 unspecified atom stereocenters. The summed E-state index contributed by atoms with van der Waals surface area (Å²) in [4.78, 5) is 23.9. The molecular weight excluding hydrogens is 429 g/mol. The highest BCUT2D eigenvalue weighted by Crippen LogP contribution is 2.29. The van der Waals surface area contributed by atoms with Crippen LogP contribution in [-0.2, 0) is 9.59 Å². The molecule has 0 aliphatic heterocycles. The Labute approximate surface area is 184 Å². The molecule has 0 saturated carbocycles. The van der Waals surface area contributed by atoms with Crippen molar-refractivity contribution in [3.63, 3.8) is 0 Å². The molecule has 2 aromatic carbocycles. The van der Waals surface area contributed by atoms with Crippen molar-refractivity contribution < 1.29 is 19.1 Å². The van der Waals surface area contributed by atoms with Gasteiger partial charge < -0.3 is 14.8 Å². The van der Waals surface area contributed by atoms with Crippen LogP contribution >= 0.6 is 23.2 Å². The van der Waals surface area contributed by atoms with Crippen molar-refractivity contribution in [2.75, 3.05) is 18.5 Å². The van der Waals surface area contributed by atoms with Gasteiger partial charge in [0, 0.05) is 0 Å². The van der Waals surface area contributed by atoms with Crippen LogP contribution in [0.15, 0.2) is 41.5 Å². The van der Waals surface area contributed by atoms with Crippen LogP contribution < -0.4 is 20.2 Å². The fourth-order valence-corrected chi connectivity index (χ4v) is 2.62. The van der Waals surface area contributed by atoms with E-state index in [1.807, 2.05) is 6.92 Å². The highest BCUT2D eigenvalue weighted by molar-refractivity contribution is 6.44. The van der Waals surface area contributed by atoms with Crippen molar-refractivity contribution in [2.24, 2.45) is 5.10 Å². The molecule has 2 aromatic rings. The van der Waals surface area contributed by atoms with E-state index in [2.05, 4.69) is 21.8 Å². The molecule has 0 bridgehead atoms. The monoisotopic (exact) mass is 447 g/mol. The lowest BCUT2D eigenvalue weighted by molar-refractivity contribution is -0.126. The molecule has 2 rings (SSSR count). The predicted molar refractivity (Wildman–Crippen MR) is 117 cm³/mol. The molecule has 0 spiro atoms. The quantitative estimate of drug-likeness (QED) is 0.264. The number of hydrogen-bond acceptors (Lipinski definition) is 5. The topological polar surface area (TPSA) is 89.0 Å². The third-order valence-corrected chi connectivity index (χ3v) is 4.35. The molecule has 0 heterocycles. The minimum absolute atomic E-state index is 0.117. The second-order valence-electron chi connectivity index (χ2n) is 5.75. The van der Waals surface area contributed by atoms with Crippen LogP contribution in [-0.4, -0.2) is 31.2 Å². The van der Waals surface area contributed by atoms with Crippen LogP contribution in [0.4, 0.5) is 5.69 Å². The molecule has 0 atom stereocenters. The van der Waals surface area contributed by atoms with Crippen LogP contribution in [0.1, 0.15) is 18.9 Å². The van der Waals surface area contributed by atoms with Gasteiger partial charge in [0.1, 0.15) is 13.0 Å². The number of ether oxygens (including phenoxy) is 2. The van der Waals surface area contributed by atoms with Crippen LogP contribution in [0.3, 0.4) is 0 Å². The van der Waals surface area contributed by atoms with E-state index in [1.165, 1.54) is 6.21 Å². The number of benzene rings is 2. The molecule has 0 aliphatic rings. The Morgan fingerprint density at radius 1 is 1.17 bits per heavy atom. The third kappa shape index (κ3) is 6.99. The molecule has 0 saturated heterocycles. The standard InChI is InChI=1S/C21H19Cl2N3O4/c1-3-10-30-17-9-8-14(11-18(17)29-4-2)13-24-26-20(28)12-19(27)25-16-7-5-6-15(22)21(16)23/h1,5-9,11,13H,4,10,12H2,2H3,(H,25,27)(H,26,28). The van der Waals surface area contributed by atoms with Gasteiger partial charge in [-0.25, -0.2) is 5.43 Å². The maximum atomic E-state index is 12.0. The van der Waals surface area contributed by atoms with Crippen LogP contribution in [0.25, 0.3) is 0 Å². The summed E-state index contributed by atoms with van der Waals surface area (Å²) >= 11 is 11.9. The summed E-state index contributed by atoms with van der Waals surface area (Å²) in [5.41, 5.74) is 3.26. The summed E-state index contributed by atoms with van der Waals surface area (Å²) in [5.74, 6) is 2.24. The van der Waals surface area contributed by atoms with Crippen molar-refractivity contribution in [1.29, 1.82) is 0 Å². The summed E-state index contributed by atoms with van der Waals surface area (Å²) < 4.78 is 10.9. The zero-order valence-corrected chi connectivity index (χ0v) is 17.6. The number of anilines is 1. The van der Waals surface area contributed by atoms with E-state index in [-0.39, 0.29) is 11.6 Å². The maximum Gasteiger partial charge on any atom is 0.249 e. The lowest BCUT2D eigenvalue weighted by Gasteiger charge is -2.10. The molecule has 9 heteroatoms. The number of amides is 2. The normalized spacial score (nSPS) is 10.3. The third-order valence-electron chi connectivity index (χ3n) is 3.53. The van der Waals surface area contributed by atoms with E-state index in [4.69, 9.17) is 39.1 Å². The van der Waals surface area contributed by atoms with E-state index in [0.29, 0.717) is 34.4 Å². The van der Waals surface area contributed by atoms with Gasteiger partial charge in [0.05, 0.1) is 28.6 Å². The lowest BCUT2D eigenvalue weighted by Crippen LogP contribution is -2.24. The summed E-state index contributed by atoms with van der Waals surface area (Å²) in [6.07, 6.45) is 6.17. The SMILES string of the molecule is C#CCOc1ccc(C=NNC(=O)CC(=O)Nc2cccc(Cl)c2Cl)cc1OCC. The Bertz CT molecular complexity index is 987. The minimum Gasteiger partial charge on any atom is -0.490 e. The molecule has 2 amide bonds. The zero-order chi connectivity index (χ0) is 21.9. The summed E-state index contributed by atoms with van der Waals surface area (Å²) in [6, 6.07) is 9.90. The molecule has 0 radical (unpaired) electrons. The smallest absolute Gasteiger partial charge is 0.249 e. The number of carbonyl (C=O) groups excluding carboxylic acids is 2. The van der Waals surface area contributed by atoms with Crippen molar-refractivity contribution in [3.8, 4) is 23.8 Å². The van der Waals surface area contributed by atoms with Gasteiger partial charge in [0.15, 0.2) is 11.5 Å². The highest BCUT2D eigenvalue weighted by atomic mass is 35.5. The molecule has 2 N–H and O–H groups in total. The van der Waals surface area contributed by atoms with Crippen molar-refractivity contribution in [2.45, 2.75) is 13.3 Å². The van der Waals surface area contributed by atoms with Gasteiger partial charge in [-0.15, -0.1) is 6.42 Å². The number of halogens is 2. The fourth-order valence-electron chi connectivity index (χ4n) is 2.27. The Morgan fingerprint density at radius 3 is 2.70 bits per heavy atom. The first kappa shape index (κ1) is 23.1. The fraction of sp³-hybridized carbons (Fsp3) is 0.190. The van der Waals surface area contributed by atoms with E-state index in [1.54, 1.807) is 36.4 Å². The van der Waals surface area contributed by atoms with Crippen LogP contribution in [0.5, 0.6) is 11.5 Å². The summed E-state index contributed by atoms with van der Waals surface area (Å²) in [5, 5.41) is 6.86. The number of hydrazone groups is 1. The van der Waals surface area contributed by atoms with Crippen LogP contribution in [0, 0.1) is 12.3 Å². The largest absolute Gasteiger partial charge is 0.490 e. The van der Waals surface area contributed by atoms with E-state index < -0.39 is 18.2 Å². The van der Waals surface area contributed by atoms with Crippen molar-refractivity contribution in [1.82, 2.24) is 5.43 Å². The molecule has 0 fully saturated rings. The molecule has 0 aliphatic carbocycles. The van der Waals surface area contributed by atoms with Gasteiger partial charge in [0.2, 0.25) is 11.8 Å². The average molecular weight is 448 g/mol. The molecule has 156 valence electrons. The van der Waals surface area contributed by atoms with Crippen molar-refractivity contribution in [3.05, 3.63) is 52.0 Å². The Balaban J connectivity index is 1.92. The Kier molecular flexibility index (Phi) is 9.01. The predicted octanol–water partition coefficient (Wildman–Crippen LogP) is 3.88. The number of hydrogen-bond donors (Lipinski definition) is 2. The van der Waals surface area contributed by atoms with Gasteiger partial charge in [0.25, 0.3) is 0 Å². The number of nitrogens with zero attached hydrogens (tertiary/aromatic N) is 1. The van der Waals surface area contributed by atoms with E-state index in [0.717, 1.165) is 0 Å². The van der Waals surface area contributed by atoms with Gasteiger partial charge in [-0.05, 0) is 42.8 Å². The van der Waals surface area contributed by atoms with E-state index in [9.17, 15) is 9.59 Å². The van der Waals surface area contributed by atoms with Gasteiger partial charge in [-0.2, -0.15) is 5.10 Å². The number of terminal acetylenes is 1. The van der Waals surface area contributed by atoms with Crippen LogP contribution in [0.2, 0.25) is 10.0 Å². The highest BCUT2D eigenvalue weighted by Gasteiger charge is 2.12. The van der Waals surface area contributed by atoms with Gasteiger partial charge in [-0.3, -0.25) is 9.59 Å². The molecule has 0 aromatic heterocycles. The molecule has 7 nitrogen and oxygen atoms in total. The minimum atomic E-state index is -0.596. The first-order chi connectivity index (χ1) is 14.4. The number of nitrogens with one attached hydrogen (secondary N) is 2. The first-order valence-corrected chi connectivity index (χ1v) is 9.59. The van der Waals surface area contributed by atoms with Gasteiger partial charge >= 0.3 is 0 Å². The molecule has 30 heavy (non-hydrogen) atoms. The number of carbonyl (C=O) groups is 2. The second kappa shape index (κ2) is 11.7. The number of rotatable bonds is 9.